The summed E-state index contributed by atoms with van der Waals surface area (Å²) in [6.07, 6.45) is 0. The molecule has 4 nitrogen and oxygen atoms in total. The molecule has 0 saturated heterocycles. The Hall–Kier alpha value is -5.65. The average molecular weight is 582 g/mol. The molecule has 0 saturated carbocycles. The van der Waals surface area contributed by atoms with Gasteiger partial charge in [-0.1, -0.05) is 127 Å². The van der Waals surface area contributed by atoms with Gasteiger partial charge < -0.3 is 4.42 Å². The van der Waals surface area contributed by atoms with Gasteiger partial charge in [0.25, 0.3) is 0 Å². The molecule has 0 radical (unpaired) electrons. The van der Waals surface area contributed by atoms with Gasteiger partial charge in [0.1, 0.15) is 11.2 Å². The number of benzene rings is 6. The maximum absolute atomic E-state index is 6.44. The fraction of sp³-hybridized carbons (Fsp3) is 0. The van der Waals surface area contributed by atoms with Crippen LogP contribution in [0.2, 0.25) is 0 Å². The maximum atomic E-state index is 6.44. The van der Waals surface area contributed by atoms with Crippen LogP contribution < -0.4 is 0 Å². The molecule has 0 spiro atoms. The maximum Gasteiger partial charge on any atom is 0.164 e. The largest absolute Gasteiger partial charge is 0.455 e. The smallest absolute Gasteiger partial charge is 0.164 e. The van der Waals surface area contributed by atoms with E-state index in [9.17, 15) is 0 Å². The number of furan rings is 1. The van der Waals surface area contributed by atoms with Gasteiger partial charge in [-0.25, -0.2) is 15.0 Å². The molecule has 0 N–H and O–H groups in total. The van der Waals surface area contributed by atoms with Gasteiger partial charge in [-0.3, -0.25) is 0 Å². The predicted octanol–water partition coefficient (Wildman–Crippen LogP) is 10.8. The van der Waals surface area contributed by atoms with E-state index in [1.165, 1.54) is 14.8 Å². The molecule has 206 valence electrons. The van der Waals surface area contributed by atoms with Crippen LogP contribution in [0.5, 0.6) is 0 Å². The lowest BCUT2D eigenvalue weighted by molar-refractivity contribution is 0.670. The average Bonchev–Trinajstić information content (AvgIpc) is 3.68. The number of thiophene rings is 1. The van der Waals surface area contributed by atoms with Gasteiger partial charge in [-0.05, 0) is 12.1 Å². The second kappa shape index (κ2) is 9.97. The SMILES string of the molecule is c1ccc(-c2nc(-c3ccccc3)nc(-c3cccc4sc5c(-c6cccc7c6oc6ccccc67)cccc5c34)n2)cc1. The quantitative estimate of drug-likeness (QED) is 0.207. The number of para-hydroxylation sites is 2. The molecule has 0 amide bonds. The molecule has 3 aromatic heterocycles. The highest BCUT2D eigenvalue weighted by molar-refractivity contribution is 7.26. The summed E-state index contributed by atoms with van der Waals surface area (Å²) in [4.78, 5) is 15.0. The van der Waals surface area contributed by atoms with Gasteiger partial charge in [-0.2, -0.15) is 0 Å². The van der Waals surface area contributed by atoms with Crippen molar-refractivity contribution in [1.82, 2.24) is 15.0 Å². The zero-order chi connectivity index (χ0) is 29.0. The molecule has 0 bridgehead atoms. The number of hydrogen-bond acceptors (Lipinski definition) is 5. The molecule has 3 heterocycles. The summed E-state index contributed by atoms with van der Waals surface area (Å²) in [5.74, 6) is 1.97. The molecule has 0 aliphatic carbocycles. The van der Waals surface area contributed by atoms with E-state index in [4.69, 9.17) is 19.4 Å². The Kier molecular flexibility index (Phi) is 5.64. The van der Waals surface area contributed by atoms with Crippen LogP contribution in [0.15, 0.2) is 144 Å². The van der Waals surface area contributed by atoms with Gasteiger partial charge in [0.15, 0.2) is 17.5 Å². The summed E-state index contributed by atoms with van der Waals surface area (Å²) in [7, 11) is 0. The van der Waals surface area contributed by atoms with Crippen LogP contribution in [0.25, 0.3) is 87.4 Å². The van der Waals surface area contributed by atoms with Crippen molar-refractivity contribution in [3.63, 3.8) is 0 Å². The van der Waals surface area contributed by atoms with Crippen molar-refractivity contribution in [3.05, 3.63) is 140 Å². The highest BCUT2D eigenvalue weighted by Gasteiger charge is 2.20. The van der Waals surface area contributed by atoms with E-state index in [2.05, 4.69) is 66.7 Å². The lowest BCUT2D eigenvalue weighted by Gasteiger charge is -2.09. The van der Waals surface area contributed by atoms with Crippen LogP contribution in [0.3, 0.4) is 0 Å². The van der Waals surface area contributed by atoms with Crippen molar-refractivity contribution in [3.8, 4) is 45.3 Å². The van der Waals surface area contributed by atoms with Crippen LogP contribution in [0.4, 0.5) is 0 Å². The van der Waals surface area contributed by atoms with E-state index < -0.39 is 0 Å². The molecule has 9 rings (SSSR count). The third-order valence-corrected chi connectivity index (χ3v) is 9.36. The zero-order valence-corrected chi connectivity index (χ0v) is 24.3. The molecule has 0 aliphatic heterocycles. The summed E-state index contributed by atoms with van der Waals surface area (Å²) in [5.41, 5.74) is 6.97. The molecule has 0 atom stereocenters. The van der Waals surface area contributed by atoms with E-state index in [1.807, 2.05) is 72.8 Å². The number of hydrogen-bond donors (Lipinski definition) is 0. The van der Waals surface area contributed by atoms with Crippen LogP contribution in [0.1, 0.15) is 0 Å². The molecule has 44 heavy (non-hydrogen) atoms. The third kappa shape index (κ3) is 3.94. The Morgan fingerprint density at radius 1 is 0.432 bits per heavy atom. The second-order valence-corrected chi connectivity index (χ2v) is 11.8. The summed E-state index contributed by atoms with van der Waals surface area (Å²) in [5, 5.41) is 4.59. The number of rotatable bonds is 4. The van der Waals surface area contributed by atoms with Gasteiger partial charge >= 0.3 is 0 Å². The fourth-order valence-electron chi connectivity index (χ4n) is 6.13. The summed E-state index contributed by atoms with van der Waals surface area (Å²) < 4.78 is 8.84. The first-order chi connectivity index (χ1) is 21.8. The first-order valence-electron chi connectivity index (χ1n) is 14.5. The van der Waals surface area contributed by atoms with Gasteiger partial charge in [0.05, 0.1) is 0 Å². The lowest BCUT2D eigenvalue weighted by atomic mass is 9.99. The third-order valence-electron chi connectivity index (χ3n) is 8.16. The Morgan fingerprint density at radius 3 is 1.75 bits per heavy atom. The Balaban J connectivity index is 1.29. The molecule has 9 aromatic rings. The van der Waals surface area contributed by atoms with Crippen molar-refractivity contribution in [1.29, 1.82) is 0 Å². The minimum atomic E-state index is 0.656. The first-order valence-corrected chi connectivity index (χ1v) is 15.4. The summed E-state index contributed by atoms with van der Waals surface area (Å²) >= 11 is 1.80. The normalized spacial score (nSPS) is 11.6. The molecule has 0 aliphatic rings. The lowest BCUT2D eigenvalue weighted by Crippen LogP contribution is -2.00. The highest BCUT2D eigenvalue weighted by Crippen LogP contribution is 2.45. The number of nitrogens with zero attached hydrogens (tertiary/aromatic N) is 3. The monoisotopic (exact) mass is 581 g/mol. The Bertz CT molecular complexity index is 2440. The van der Waals surface area contributed by atoms with E-state index in [1.54, 1.807) is 11.3 Å². The molecule has 5 heteroatoms. The summed E-state index contributed by atoms with van der Waals surface area (Å²) in [6, 6.07) is 47.8. The topological polar surface area (TPSA) is 51.8 Å². The molecule has 0 fully saturated rings. The molecular weight excluding hydrogens is 559 g/mol. The van der Waals surface area contributed by atoms with E-state index in [-0.39, 0.29) is 0 Å². The van der Waals surface area contributed by atoms with Crippen molar-refractivity contribution < 1.29 is 4.42 Å². The van der Waals surface area contributed by atoms with E-state index in [0.29, 0.717) is 17.5 Å². The Labute approximate surface area is 256 Å². The van der Waals surface area contributed by atoms with Crippen molar-refractivity contribution in [2.24, 2.45) is 0 Å². The van der Waals surface area contributed by atoms with Crippen LogP contribution in [-0.4, -0.2) is 15.0 Å². The van der Waals surface area contributed by atoms with Crippen LogP contribution in [-0.2, 0) is 0 Å². The number of fused-ring (bicyclic) bond motifs is 6. The van der Waals surface area contributed by atoms with Gasteiger partial charge in [0.2, 0.25) is 0 Å². The number of aromatic nitrogens is 3. The van der Waals surface area contributed by atoms with Crippen LogP contribution in [0, 0.1) is 0 Å². The van der Waals surface area contributed by atoms with Crippen LogP contribution >= 0.6 is 11.3 Å². The predicted molar refractivity (Wildman–Crippen MR) is 182 cm³/mol. The van der Waals surface area contributed by atoms with Crippen molar-refractivity contribution >= 4 is 53.4 Å². The minimum Gasteiger partial charge on any atom is -0.455 e. The second-order valence-electron chi connectivity index (χ2n) is 10.8. The highest BCUT2D eigenvalue weighted by atomic mass is 32.1. The van der Waals surface area contributed by atoms with Crippen molar-refractivity contribution in [2.75, 3.05) is 0 Å². The van der Waals surface area contributed by atoms with E-state index in [0.717, 1.165) is 55.1 Å². The fourth-order valence-corrected chi connectivity index (χ4v) is 7.39. The Morgan fingerprint density at radius 2 is 1.00 bits per heavy atom. The van der Waals surface area contributed by atoms with Gasteiger partial charge in [0, 0.05) is 58.8 Å². The zero-order valence-electron chi connectivity index (χ0n) is 23.4. The van der Waals surface area contributed by atoms with Crippen molar-refractivity contribution in [2.45, 2.75) is 0 Å². The van der Waals surface area contributed by atoms with Gasteiger partial charge in [-0.15, -0.1) is 11.3 Å². The minimum absolute atomic E-state index is 0.656. The molecule has 6 aromatic carbocycles. The summed E-state index contributed by atoms with van der Waals surface area (Å²) in [6.45, 7) is 0. The molecule has 0 unspecified atom stereocenters. The van der Waals surface area contributed by atoms with E-state index >= 15 is 0 Å². The standard InChI is InChI=1S/C39H23N3OS/c1-3-12-24(13-4-1)37-40-38(25-14-5-2-6-15-25)42-39(41-37)31-21-11-23-33-34(31)30-20-10-19-29(36(30)44-33)28-18-9-17-27-26-16-7-8-22-32(26)43-35(27)28/h1-23H. The molecular formula is C39H23N3OS. The first kappa shape index (κ1) is 24.9.